The highest BCUT2D eigenvalue weighted by atomic mass is 79.9. The Balaban J connectivity index is 1.84. The van der Waals surface area contributed by atoms with Crippen LogP contribution in [0.1, 0.15) is 25.7 Å². The summed E-state index contributed by atoms with van der Waals surface area (Å²) < 4.78 is 6.40. The molecule has 5 heteroatoms. The third kappa shape index (κ3) is 3.94. The number of rotatable bonds is 5. The van der Waals surface area contributed by atoms with E-state index in [0.717, 1.165) is 30.2 Å². The van der Waals surface area contributed by atoms with Crippen LogP contribution < -0.4 is 15.8 Å². The molecule has 2 rings (SSSR count). The minimum absolute atomic E-state index is 0.0260. The number of amides is 1. The first kappa shape index (κ1) is 14.3. The summed E-state index contributed by atoms with van der Waals surface area (Å²) in [4.78, 5) is 11.9. The fourth-order valence-electron chi connectivity index (χ4n) is 2.47. The highest BCUT2D eigenvalue weighted by Gasteiger charge is 2.33. The van der Waals surface area contributed by atoms with E-state index in [4.69, 9.17) is 10.5 Å². The number of benzene rings is 1. The van der Waals surface area contributed by atoms with Gasteiger partial charge in [0.25, 0.3) is 5.91 Å². The monoisotopic (exact) mass is 326 g/mol. The molecule has 19 heavy (non-hydrogen) atoms. The second-order valence-electron chi connectivity index (χ2n) is 4.99. The Morgan fingerprint density at radius 1 is 1.42 bits per heavy atom. The molecule has 0 radical (unpaired) electrons. The first-order chi connectivity index (χ1) is 9.13. The van der Waals surface area contributed by atoms with Gasteiger partial charge in [0.15, 0.2) is 6.61 Å². The number of carbonyl (C=O) groups is 1. The molecule has 0 saturated heterocycles. The van der Waals surface area contributed by atoms with Crippen molar-refractivity contribution in [3.8, 4) is 5.75 Å². The Morgan fingerprint density at radius 3 is 2.79 bits per heavy atom. The highest BCUT2D eigenvalue weighted by Crippen LogP contribution is 2.28. The molecule has 0 aliphatic heterocycles. The maximum Gasteiger partial charge on any atom is 0.258 e. The van der Waals surface area contributed by atoms with E-state index in [1.165, 1.54) is 0 Å². The van der Waals surface area contributed by atoms with Crippen molar-refractivity contribution in [2.75, 3.05) is 13.2 Å². The fourth-order valence-corrected chi connectivity index (χ4v) is 2.85. The van der Waals surface area contributed by atoms with Crippen LogP contribution in [0, 0.1) is 0 Å². The van der Waals surface area contributed by atoms with Crippen LogP contribution >= 0.6 is 15.9 Å². The van der Waals surface area contributed by atoms with Gasteiger partial charge in [0.05, 0.1) is 5.54 Å². The summed E-state index contributed by atoms with van der Waals surface area (Å²) in [5.41, 5.74) is 5.57. The van der Waals surface area contributed by atoms with Crippen molar-refractivity contribution >= 4 is 21.8 Å². The topological polar surface area (TPSA) is 64.3 Å². The van der Waals surface area contributed by atoms with Gasteiger partial charge in [-0.1, -0.05) is 34.8 Å². The molecule has 1 fully saturated rings. The Hall–Kier alpha value is -1.07. The number of nitrogens with one attached hydrogen (secondary N) is 1. The smallest absolute Gasteiger partial charge is 0.258 e. The summed E-state index contributed by atoms with van der Waals surface area (Å²) in [6.45, 7) is 0.522. The quantitative estimate of drug-likeness (QED) is 0.872. The number of carbonyl (C=O) groups excluding carboxylic acids is 1. The zero-order valence-corrected chi connectivity index (χ0v) is 12.4. The van der Waals surface area contributed by atoms with Gasteiger partial charge in [0, 0.05) is 11.0 Å². The van der Waals surface area contributed by atoms with Crippen LogP contribution in [0.4, 0.5) is 0 Å². The maximum atomic E-state index is 11.9. The van der Waals surface area contributed by atoms with Crippen LogP contribution in [-0.4, -0.2) is 24.6 Å². The predicted molar refractivity (Wildman–Crippen MR) is 78.0 cm³/mol. The van der Waals surface area contributed by atoms with Crippen molar-refractivity contribution in [1.82, 2.24) is 5.32 Å². The highest BCUT2D eigenvalue weighted by molar-refractivity contribution is 9.10. The summed E-state index contributed by atoms with van der Waals surface area (Å²) >= 11 is 3.36. The number of hydrogen-bond donors (Lipinski definition) is 2. The lowest BCUT2D eigenvalue weighted by atomic mass is 9.98. The van der Waals surface area contributed by atoms with Crippen LogP contribution in [0.15, 0.2) is 28.7 Å². The molecule has 1 aliphatic rings. The summed E-state index contributed by atoms with van der Waals surface area (Å²) in [7, 11) is 0. The van der Waals surface area contributed by atoms with Gasteiger partial charge < -0.3 is 15.8 Å². The largest absolute Gasteiger partial charge is 0.484 e. The molecule has 1 saturated carbocycles. The Labute approximate surface area is 121 Å². The van der Waals surface area contributed by atoms with Gasteiger partial charge in [-0.3, -0.25) is 4.79 Å². The lowest BCUT2D eigenvalue weighted by Crippen LogP contribution is -2.52. The van der Waals surface area contributed by atoms with Crippen LogP contribution in [0.3, 0.4) is 0 Å². The molecule has 104 valence electrons. The van der Waals surface area contributed by atoms with E-state index in [-0.39, 0.29) is 18.1 Å². The SMILES string of the molecule is NCC1(NC(=O)COc2cccc(Br)c2)CCCC1. The Bertz CT molecular complexity index is 445. The molecule has 0 spiro atoms. The normalized spacial score (nSPS) is 17.2. The van der Waals surface area contributed by atoms with Crippen molar-refractivity contribution < 1.29 is 9.53 Å². The summed E-state index contributed by atoms with van der Waals surface area (Å²) in [5.74, 6) is 0.574. The molecule has 0 atom stereocenters. The summed E-state index contributed by atoms with van der Waals surface area (Å²) in [6.07, 6.45) is 4.19. The van der Waals surface area contributed by atoms with Gasteiger partial charge in [-0.2, -0.15) is 0 Å². The third-order valence-corrected chi connectivity index (χ3v) is 4.02. The number of hydrogen-bond acceptors (Lipinski definition) is 3. The Morgan fingerprint density at radius 2 is 2.16 bits per heavy atom. The molecule has 0 bridgehead atoms. The van der Waals surface area contributed by atoms with Gasteiger partial charge in [0.1, 0.15) is 5.75 Å². The number of ether oxygens (including phenoxy) is 1. The van der Waals surface area contributed by atoms with Gasteiger partial charge in [0.2, 0.25) is 0 Å². The minimum atomic E-state index is -0.211. The first-order valence-electron chi connectivity index (χ1n) is 6.53. The van der Waals surface area contributed by atoms with E-state index < -0.39 is 0 Å². The zero-order valence-electron chi connectivity index (χ0n) is 10.8. The Kier molecular flexibility index (Phi) is 4.82. The molecule has 0 unspecified atom stereocenters. The third-order valence-electron chi connectivity index (χ3n) is 3.52. The van der Waals surface area contributed by atoms with E-state index in [0.29, 0.717) is 12.3 Å². The number of halogens is 1. The molecule has 1 amide bonds. The molecule has 1 aromatic carbocycles. The molecule has 1 aromatic rings. The van der Waals surface area contributed by atoms with Gasteiger partial charge in [-0.15, -0.1) is 0 Å². The van der Waals surface area contributed by atoms with Crippen molar-refractivity contribution in [1.29, 1.82) is 0 Å². The average Bonchev–Trinajstić information content (AvgIpc) is 2.86. The minimum Gasteiger partial charge on any atom is -0.484 e. The molecule has 0 aromatic heterocycles. The van der Waals surface area contributed by atoms with E-state index in [1.807, 2.05) is 24.3 Å². The van der Waals surface area contributed by atoms with Gasteiger partial charge >= 0.3 is 0 Å². The van der Waals surface area contributed by atoms with E-state index in [1.54, 1.807) is 0 Å². The molecule has 4 nitrogen and oxygen atoms in total. The molecular weight excluding hydrogens is 308 g/mol. The second kappa shape index (κ2) is 6.39. The van der Waals surface area contributed by atoms with Crippen LogP contribution in [0.2, 0.25) is 0 Å². The van der Waals surface area contributed by atoms with Crippen molar-refractivity contribution in [3.63, 3.8) is 0 Å². The summed E-state index contributed by atoms with van der Waals surface area (Å²) in [6, 6.07) is 7.44. The molecule has 0 heterocycles. The van der Waals surface area contributed by atoms with Crippen LogP contribution in [0.5, 0.6) is 5.75 Å². The van der Waals surface area contributed by atoms with E-state index in [9.17, 15) is 4.79 Å². The first-order valence-corrected chi connectivity index (χ1v) is 7.32. The van der Waals surface area contributed by atoms with Crippen molar-refractivity contribution in [2.45, 2.75) is 31.2 Å². The van der Waals surface area contributed by atoms with E-state index >= 15 is 0 Å². The van der Waals surface area contributed by atoms with Crippen LogP contribution in [-0.2, 0) is 4.79 Å². The second-order valence-corrected chi connectivity index (χ2v) is 5.90. The van der Waals surface area contributed by atoms with Gasteiger partial charge in [-0.25, -0.2) is 0 Å². The zero-order chi connectivity index (χ0) is 13.7. The lowest BCUT2D eigenvalue weighted by Gasteiger charge is -2.28. The standard InChI is InChI=1S/C14H19BrN2O2/c15-11-4-3-5-12(8-11)19-9-13(18)17-14(10-16)6-1-2-7-14/h3-5,8H,1-2,6-7,9-10,16H2,(H,17,18). The van der Waals surface area contributed by atoms with Crippen LogP contribution in [0.25, 0.3) is 0 Å². The fraction of sp³-hybridized carbons (Fsp3) is 0.500. The molecule has 1 aliphatic carbocycles. The molecule has 3 N–H and O–H groups in total. The lowest BCUT2D eigenvalue weighted by molar-refractivity contribution is -0.124. The maximum absolute atomic E-state index is 11.9. The van der Waals surface area contributed by atoms with Crippen molar-refractivity contribution in [3.05, 3.63) is 28.7 Å². The van der Waals surface area contributed by atoms with Crippen molar-refractivity contribution in [2.24, 2.45) is 5.73 Å². The average molecular weight is 327 g/mol. The number of nitrogens with two attached hydrogens (primary N) is 1. The van der Waals surface area contributed by atoms with Gasteiger partial charge in [-0.05, 0) is 31.0 Å². The molecular formula is C14H19BrN2O2. The van der Waals surface area contributed by atoms with E-state index in [2.05, 4.69) is 21.2 Å². The summed E-state index contributed by atoms with van der Waals surface area (Å²) in [5, 5.41) is 3.03. The predicted octanol–water partition coefficient (Wildman–Crippen LogP) is 2.22.